The van der Waals surface area contributed by atoms with Gasteiger partial charge in [0.1, 0.15) is 10.4 Å². The number of oxazole rings is 1. The Morgan fingerprint density at radius 3 is 2.69 bits per heavy atom. The standard InChI is InChI=1S/C26H29N5O4S/c32-26-28-25-22(8-3-9-23(25)35-26)30-15-13-29(14-16-30)12-10-20-6-4-11-31(20)36(33,34)24-18-27-17-19-5-1-2-7-21(19)24/h1-3,5,7-9,17-18,20H,4,6,10-16H2,(H,28,32)/t20-/m0/s1. The number of benzene rings is 2. The molecule has 2 aliphatic heterocycles. The summed E-state index contributed by atoms with van der Waals surface area (Å²) in [6.07, 6.45) is 5.76. The molecule has 2 aromatic heterocycles. The van der Waals surface area contributed by atoms with Gasteiger partial charge in [0, 0.05) is 61.9 Å². The Morgan fingerprint density at radius 1 is 1.00 bits per heavy atom. The number of hydrogen-bond acceptors (Lipinski definition) is 7. The van der Waals surface area contributed by atoms with E-state index in [0.717, 1.165) is 74.0 Å². The lowest BCUT2D eigenvalue weighted by molar-refractivity contribution is 0.232. The topological polar surface area (TPSA) is 103 Å². The van der Waals surface area contributed by atoms with E-state index in [-0.39, 0.29) is 6.04 Å². The number of piperazine rings is 1. The van der Waals surface area contributed by atoms with E-state index in [1.54, 1.807) is 16.6 Å². The Labute approximate surface area is 209 Å². The first kappa shape index (κ1) is 23.2. The Kier molecular flexibility index (Phi) is 6.02. The minimum Gasteiger partial charge on any atom is -0.408 e. The minimum atomic E-state index is -3.62. The Morgan fingerprint density at radius 2 is 1.83 bits per heavy atom. The SMILES string of the molecule is O=c1[nH]c2c(N3CCN(CC[C@@H]4CCCN4S(=O)(=O)c4cncc5ccccc45)CC3)cccc2o1. The van der Waals surface area contributed by atoms with E-state index < -0.39 is 15.8 Å². The van der Waals surface area contributed by atoms with Gasteiger partial charge in [0.15, 0.2) is 5.58 Å². The van der Waals surface area contributed by atoms with Crippen molar-refractivity contribution >= 4 is 37.6 Å². The third kappa shape index (κ3) is 4.19. The number of aromatic nitrogens is 2. The van der Waals surface area contributed by atoms with Crippen LogP contribution in [0, 0.1) is 0 Å². The fraction of sp³-hybridized carbons (Fsp3) is 0.385. The molecule has 6 rings (SSSR count). The average molecular weight is 508 g/mol. The van der Waals surface area contributed by atoms with E-state index in [1.165, 1.54) is 6.20 Å². The number of H-pyrrole nitrogens is 1. The third-order valence-electron chi connectivity index (χ3n) is 7.47. The van der Waals surface area contributed by atoms with Crippen LogP contribution in [0.25, 0.3) is 21.9 Å². The van der Waals surface area contributed by atoms with Crippen LogP contribution in [0.5, 0.6) is 0 Å². The zero-order chi connectivity index (χ0) is 24.7. The molecule has 0 spiro atoms. The maximum absolute atomic E-state index is 13.7. The summed E-state index contributed by atoms with van der Waals surface area (Å²) in [6, 6.07) is 13.2. The molecule has 2 saturated heterocycles. The largest absolute Gasteiger partial charge is 0.417 e. The summed E-state index contributed by atoms with van der Waals surface area (Å²) in [7, 11) is -3.62. The number of rotatable bonds is 6. The van der Waals surface area contributed by atoms with Crippen LogP contribution in [0.2, 0.25) is 0 Å². The van der Waals surface area contributed by atoms with Crippen LogP contribution in [0.4, 0.5) is 5.69 Å². The van der Waals surface area contributed by atoms with Crippen molar-refractivity contribution in [3.63, 3.8) is 0 Å². The van der Waals surface area contributed by atoms with Crippen molar-refractivity contribution in [2.75, 3.05) is 44.2 Å². The Hall–Kier alpha value is -3.21. The summed E-state index contributed by atoms with van der Waals surface area (Å²) in [5.74, 6) is -0.438. The van der Waals surface area contributed by atoms with Gasteiger partial charge < -0.3 is 9.32 Å². The fourth-order valence-electron chi connectivity index (χ4n) is 5.60. The highest BCUT2D eigenvalue weighted by Gasteiger charge is 2.36. The molecule has 4 aromatic rings. The lowest BCUT2D eigenvalue weighted by Crippen LogP contribution is -2.47. The van der Waals surface area contributed by atoms with Crippen molar-refractivity contribution < 1.29 is 12.8 Å². The van der Waals surface area contributed by atoms with Gasteiger partial charge in [-0.2, -0.15) is 4.31 Å². The molecule has 0 unspecified atom stereocenters. The van der Waals surface area contributed by atoms with Gasteiger partial charge >= 0.3 is 5.76 Å². The van der Waals surface area contributed by atoms with Gasteiger partial charge in [-0.05, 0) is 37.9 Å². The van der Waals surface area contributed by atoms with Crippen LogP contribution < -0.4 is 10.7 Å². The first-order valence-corrected chi connectivity index (χ1v) is 13.9. The monoisotopic (exact) mass is 507 g/mol. The van der Waals surface area contributed by atoms with Crippen LogP contribution in [0.3, 0.4) is 0 Å². The van der Waals surface area contributed by atoms with Crippen molar-refractivity contribution in [3.8, 4) is 0 Å². The van der Waals surface area contributed by atoms with Gasteiger partial charge in [0.05, 0.1) is 5.69 Å². The molecule has 4 heterocycles. The first-order chi connectivity index (χ1) is 17.5. The normalized spacial score (nSPS) is 20.0. The summed E-state index contributed by atoms with van der Waals surface area (Å²) in [4.78, 5) is 23.6. The number of pyridine rings is 1. The van der Waals surface area contributed by atoms with Crippen molar-refractivity contribution in [3.05, 3.63) is 65.4 Å². The summed E-state index contributed by atoms with van der Waals surface area (Å²) in [5, 5.41) is 1.56. The first-order valence-electron chi connectivity index (χ1n) is 12.4. The maximum Gasteiger partial charge on any atom is 0.417 e. The summed E-state index contributed by atoms with van der Waals surface area (Å²) < 4.78 is 34.2. The smallest absolute Gasteiger partial charge is 0.408 e. The molecule has 2 fully saturated rings. The minimum absolute atomic E-state index is 0.00301. The summed E-state index contributed by atoms with van der Waals surface area (Å²) in [5.41, 5.74) is 2.30. The molecule has 1 atom stereocenters. The number of para-hydroxylation sites is 1. The molecular weight excluding hydrogens is 478 g/mol. The lowest BCUT2D eigenvalue weighted by Gasteiger charge is -2.37. The molecule has 188 valence electrons. The van der Waals surface area contributed by atoms with Crippen molar-refractivity contribution in [1.29, 1.82) is 0 Å². The molecule has 2 aliphatic rings. The number of anilines is 1. The predicted octanol–water partition coefficient (Wildman–Crippen LogP) is 3.03. The molecule has 1 N–H and O–H groups in total. The number of sulfonamides is 1. The zero-order valence-corrected chi connectivity index (χ0v) is 20.8. The highest BCUT2D eigenvalue weighted by molar-refractivity contribution is 7.89. The van der Waals surface area contributed by atoms with Crippen LogP contribution in [-0.4, -0.2) is 72.9 Å². The number of fused-ring (bicyclic) bond motifs is 2. The Bertz CT molecular complexity index is 1550. The summed E-state index contributed by atoms with van der Waals surface area (Å²) >= 11 is 0. The van der Waals surface area contributed by atoms with Crippen LogP contribution >= 0.6 is 0 Å². The zero-order valence-electron chi connectivity index (χ0n) is 20.0. The van der Waals surface area contributed by atoms with E-state index in [0.29, 0.717) is 17.0 Å². The molecule has 10 heteroatoms. The number of nitrogens with one attached hydrogen (secondary N) is 1. The van der Waals surface area contributed by atoms with E-state index >= 15 is 0 Å². The van der Waals surface area contributed by atoms with E-state index in [4.69, 9.17) is 4.42 Å². The van der Waals surface area contributed by atoms with Crippen molar-refractivity contribution in [1.82, 2.24) is 19.2 Å². The van der Waals surface area contributed by atoms with Crippen molar-refractivity contribution in [2.24, 2.45) is 0 Å². The van der Waals surface area contributed by atoms with Gasteiger partial charge in [-0.25, -0.2) is 13.2 Å². The van der Waals surface area contributed by atoms with Gasteiger partial charge in [0.2, 0.25) is 10.0 Å². The highest BCUT2D eigenvalue weighted by atomic mass is 32.2. The molecule has 0 saturated carbocycles. The van der Waals surface area contributed by atoms with Crippen LogP contribution in [0.15, 0.2) is 69.0 Å². The van der Waals surface area contributed by atoms with Crippen molar-refractivity contribution in [2.45, 2.75) is 30.2 Å². The second kappa shape index (κ2) is 9.34. The van der Waals surface area contributed by atoms with Crippen LogP contribution in [-0.2, 0) is 10.0 Å². The highest BCUT2D eigenvalue weighted by Crippen LogP contribution is 2.31. The second-order valence-corrected chi connectivity index (χ2v) is 11.4. The predicted molar refractivity (Wildman–Crippen MR) is 139 cm³/mol. The third-order valence-corrected chi connectivity index (χ3v) is 9.45. The fourth-order valence-corrected chi connectivity index (χ4v) is 7.48. The molecule has 9 nitrogen and oxygen atoms in total. The quantitative estimate of drug-likeness (QED) is 0.428. The summed E-state index contributed by atoms with van der Waals surface area (Å²) in [6.45, 7) is 4.83. The van der Waals surface area contributed by atoms with E-state index in [1.807, 2.05) is 36.4 Å². The number of nitrogens with zero attached hydrogens (tertiary/aromatic N) is 4. The van der Waals surface area contributed by atoms with Gasteiger partial charge in [-0.3, -0.25) is 14.9 Å². The molecular formula is C26H29N5O4S. The molecule has 0 radical (unpaired) electrons. The number of hydrogen-bond donors (Lipinski definition) is 1. The Balaban J connectivity index is 1.11. The van der Waals surface area contributed by atoms with Gasteiger partial charge in [-0.1, -0.05) is 30.3 Å². The van der Waals surface area contributed by atoms with E-state index in [2.05, 4.69) is 19.8 Å². The van der Waals surface area contributed by atoms with Crippen LogP contribution in [0.1, 0.15) is 19.3 Å². The lowest BCUT2D eigenvalue weighted by atomic mass is 10.1. The molecule has 36 heavy (non-hydrogen) atoms. The molecule has 0 aliphatic carbocycles. The van der Waals surface area contributed by atoms with Gasteiger partial charge in [-0.15, -0.1) is 0 Å². The molecule has 0 amide bonds. The number of aromatic amines is 1. The average Bonchev–Trinajstić information content (AvgIpc) is 3.53. The molecule has 0 bridgehead atoms. The maximum atomic E-state index is 13.7. The second-order valence-electron chi connectivity index (χ2n) is 9.55. The molecule has 2 aromatic carbocycles. The van der Waals surface area contributed by atoms with Gasteiger partial charge in [0.25, 0.3) is 0 Å². The van der Waals surface area contributed by atoms with E-state index in [9.17, 15) is 13.2 Å².